The van der Waals surface area contributed by atoms with Crippen LogP contribution in [0.5, 0.6) is 0 Å². The van der Waals surface area contributed by atoms with Crippen molar-refractivity contribution in [3.63, 3.8) is 0 Å². The third-order valence-electron chi connectivity index (χ3n) is 4.08. The molecule has 3 atom stereocenters. The van der Waals surface area contributed by atoms with Crippen molar-refractivity contribution in [3.8, 4) is 0 Å². The summed E-state index contributed by atoms with van der Waals surface area (Å²) in [5.41, 5.74) is 1.00. The molecule has 1 amide bonds. The predicted molar refractivity (Wildman–Crippen MR) is 87.4 cm³/mol. The van der Waals surface area contributed by atoms with Crippen LogP contribution < -0.4 is 5.32 Å². The number of benzene rings is 1. The highest BCUT2D eigenvalue weighted by molar-refractivity contribution is 9.10. The van der Waals surface area contributed by atoms with Crippen molar-refractivity contribution in [1.29, 1.82) is 0 Å². The molecule has 1 aliphatic carbocycles. The van der Waals surface area contributed by atoms with Crippen molar-refractivity contribution in [2.24, 2.45) is 5.92 Å². The maximum atomic E-state index is 12.3. The second-order valence-corrected chi connectivity index (χ2v) is 7.15. The number of nitrogens with one attached hydrogen (secondary N) is 1. The fraction of sp³-hybridized carbons (Fsp3) is 0.562. The van der Waals surface area contributed by atoms with E-state index in [2.05, 4.69) is 28.2 Å². The molecule has 0 spiro atoms. The molecule has 0 radical (unpaired) electrons. The number of carbonyl (C=O) groups excluding carboxylic acids is 1. The van der Waals surface area contributed by atoms with Crippen LogP contribution in [0, 0.1) is 5.92 Å². The first-order chi connectivity index (χ1) is 9.58. The summed E-state index contributed by atoms with van der Waals surface area (Å²) in [4.78, 5) is 12.0. The van der Waals surface area contributed by atoms with Gasteiger partial charge in [0, 0.05) is 11.1 Å². The molecule has 1 aromatic carbocycles. The Bertz CT molecular complexity index is 466. The van der Waals surface area contributed by atoms with E-state index in [1.54, 1.807) is 0 Å². The average molecular weight is 359 g/mol. The van der Waals surface area contributed by atoms with Gasteiger partial charge in [-0.3, -0.25) is 4.79 Å². The van der Waals surface area contributed by atoms with Crippen LogP contribution in [0.25, 0.3) is 0 Å². The Kier molecular flexibility index (Phi) is 5.91. The van der Waals surface area contributed by atoms with E-state index in [0.29, 0.717) is 18.4 Å². The maximum absolute atomic E-state index is 12.3. The lowest BCUT2D eigenvalue weighted by Gasteiger charge is -2.30. The number of hydrogen-bond acceptors (Lipinski definition) is 1. The molecule has 3 unspecified atom stereocenters. The normalized spacial score (nSPS) is 24.1. The molecular weight excluding hydrogens is 338 g/mol. The van der Waals surface area contributed by atoms with E-state index in [4.69, 9.17) is 11.6 Å². The van der Waals surface area contributed by atoms with E-state index in [-0.39, 0.29) is 10.7 Å². The molecule has 20 heavy (non-hydrogen) atoms. The third-order valence-corrected chi connectivity index (χ3v) is 5.19. The SMILES string of the molecule is CC1CCCCC1NC(=O)C(Br)Cc1ccccc1Cl. The largest absolute Gasteiger partial charge is 0.352 e. The van der Waals surface area contributed by atoms with E-state index in [9.17, 15) is 4.79 Å². The third kappa shape index (κ3) is 4.23. The van der Waals surface area contributed by atoms with Gasteiger partial charge in [0.05, 0.1) is 4.83 Å². The topological polar surface area (TPSA) is 29.1 Å². The molecule has 2 nitrogen and oxygen atoms in total. The summed E-state index contributed by atoms with van der Waals surface area (Å²) in [6.07, 6.45) is 5.42. The molecule has 1 N–H and O–H groups in total. The Hall–Kier alpha value is -0.540. The average Bonchev–Trinajstić information content (AvgIpc) is 2.43. The summed E-state index contributed by atoms with van der Waals surface area (Å²) in [5.74, 6) is 0.649. The molecule has 4 heteroatoms. The van der Waals surface area contributed by atoms with Gasteiger partial charge in [-0.15, -0.1) is 0 Å². The van der Waals surface area contributed by atoms with Gasteiger partial charge in [0.25, 0.3) is 0 Å². The fourth-order valence-corrected chi connectivity index (χ4v) is 3.45. The minimum atomic E-state index is -0.225. The number of amides is 1. The van der Waals surface area contributed by atoms with Gasteiger partial charge in [-0.25, -0.2) is 0 Å². The van der Waals surface area contributed by atoms with Gasteiger partial charge >= 0.3 is 0 Å². The highest BCUT2D eigenvalue weighted by Gasteiger charge is 2.25. The number of alkyl halides is 1. The van der Waals surface area contributed by atoms with Crippen LogP contribution in [0.1, 0.15) is 38.2 Å². The van der Waals surface area contributed by atoms with Crippen molar-refractivity contribution >= 4 is 33.4 Å². The Balaban J connectivity index is 1.90. The molecule has 0 aliphatic heterocycles. The molecule has 110 valence electrons. The molecule has 1 fully saturated rings. The van der Waals surface area contributed by atoms with Crippen LogP contribution in [-0.2, 0) is 11.2 Å². The van der Waals surface area contributed by atoms with Crippen LogP contribution in [0.15, 0.2) is 24.3 Å². The monoisotopic (exact) mass is 357 g/mol. The Morgan fingerprint density at radius 3 is 2.80 bits per heavy atom. The van der Waals surface area contributed by atoms with Gasteiger partial charge in [-0.05, 0) is 36.8 Å². The summed E-state index contributed by atoms with van der Waals surface area (Å²) < 4.78 is 0. The maximum Gasteiger partial charge on any atom is 0.234 e. The van der Waals surface area contributed by atoms with Gasteiger partial charge in [0.1, 0.15) is 0 Å². The van der Waals surface area contributed by atoms with E-state index >= 15 is 0 Å². The second kappa shape index (κ2) is 7.46. The predicted octanol–water partition coefficient (Wildman–Crippen LogP) is 4.34. The molecule has 1 aliphatic rings. The van der Waals surface area contributed by atoms with Gasteiger partial charge in [-0.1, -0.05) is 65.5 Å². The zero-order chi connectivity index (χ0) is 14.5. The standard InChI is InChI=1S/C16H21BrClNO/c1-11-6-2-5-9-15(11)19-16(20)13(17)10-12-7-3-4-8-14(12)18/h3-4,7-8,11,13,15H,2,5-6,9-10H2,1H3,(H,19,20). The van der Waals surface area contributed by atoms with Gasteiger partial charge < -0.3 is 5.32 Å². The van der Waals surface area contributed by atoms with E-state index in [1.807, 2.05) is 24.3 Å². The Labute approximate surface area is 134 Å². The van der Waals surface area contributed by atoms with E-state index in [0.717, 1.165) is 17.0 Å². The summed E-state index contributed by atoms with van der Waals surface area (Å²) in [6, 6.07) is 7.99. The number of rotatable bonds is 4. The summed E-state index contributed by atoms with van der Waals surface area (Å²) in [7, 11) is 0. The lowest BCUT2D eigenvalue weighted by atomic mass is 9.86. The Morgan fingerprint density at radius 1 is 1.40 bits per heavy atom. The molecular formula is C16H21BrClNO. The lowest BCUT2D eigenvalue weighted by molar-refractivity contribution is -0.121. The number of hydrogen-bond donors (Lipinski definition) is 1. The zero-order valence-electron chi connectivity index (χ0n) is 11.7. The van der Waals surface area contributed by atoms with Gasteiger partial charge in [-0.2, -0.15) is 0 Å². The number of carbonyl (C=O) groups is 1. The molecule has 0 heterocycles. The first kappa shape index (κ1) is 15.8. The van der Waals surface area contributed by atoms with Crippen molar-refractivity contribution in [2.75, 3.05) is 0 Å². The van der Waals surface area contributed by atoms with Crippen LogP contribution in [0.2, 0.25) is 5.02 Å². The van der Waals surface area contributed by atoms with Crippen molar-refractivity contribution < 1.29 is 4.79 Å². The van der Waals surface area contributed by atoms with Gasteiger partial charge in [0.2, 0.25) is 5.91 Å². The quantitative estimate of drug-likeness (QED) is 0.797. The molecule has 1 aromatic rings. The minimum Gasteiger partial charge on any atom is -0.352 e. The van der Waals surface area contributed by atoms with Crippen LogP contribution in [0.3, 0.4) is 0 Å². The number of halogens is 2. The molecule has 2 rings (SSSR count). The molecule has 0 aromatic heterocycles. The minimum absolute atomic E-state index is 0.0728. The van der Waals surface area contributed by atoms with Crippen LogP contribution in [-0.4, -0.2) is 16.8 Å². The van der Waals surface area contributed by atoms with E-state index in [1.165, 1.54) is 19.3 Å². The van der Waals surface area contributed by atoms with E-state index < -0.39 is 0 Å². The fourth-order valence-electron chi connectivity index (χ4n) is 2.75. The molecule has 0 bridgehead atoms. The lowest BCUT2D eigenvalue weighted by Crippen LogP contribution is -2.44. The highest BCUT2D eigenvalue weighted by Crippen LogP contribution is 2.25. The van der Waals surface area contributed by atoms with Crippen molar-refractivity contribution in [3.05, 3.63) is 34.9 Å². The van der Waals surface area contributed by atoms with Crippen LogP contribution >= 0.6 is 27.5 Å². The molecule has 1 saturated carbocycles. The van der Waals surface area contributed by atoms with Crippen molar-refractivity contribution in [2.45, 2.75) is 49.9 Å². The first-order valence-electron chi connectivity index (χ1n) is 7.26. The summed E-state index contributed by atoms with van der Waals surface area (Å²) in [5, 5.41) is 3.90. The smallest absolute Gasteiger partial charge is 0.234 e. The zero-order valence-corrected chi connectivity index (χ0v) is 14.1. The second-order valence-electron chi connectivity index (χ2n) is 5.64. The van der Waals surface area contributed by atoms with Crippen molar-refractivity contribution in [1.82, 2.24) is 5.32 Å². The summed E-state index contributed by atoms with van der Waals surface area (Å²) >= 11 is 9.63. The van der Waals surface area contributed by atoms with Crippen LogP contribution in [0.4, 0.5) is 0 Å². The Morgan fingerprint density at radius 2 is 2.10 bits per heavy atom. The van der Waals surface area contributed by atoms with Gasteiger partial charge in [0.15, 0.2) is 0 Å². The molecule has 0 saturated heterocycles. The summed E-state index contributed by atoms with van der Waals surface area (Å²) in [6.45, 7) is 2.22. The first-order valence-corrected chi connectivity index (χ1v) is 8.55. The highest BCUT2D eigenvalue weighted by atomic mass is 79.9.